The Labute approximate surface area is 143 Å². The number of hydrogen-bond acceptors (Lipinski definition) is 4. The average molecular weight is 336 g/mol. The SMILES string of the molecule is NC(=NCCc1csc(N2CCCC2)n1)NC1CCCCCC1. The maximum Gasteiger partial charge on any atom is 0.188 e. The van der Waals surface area contributed by atoms with Crippen molar-refractivity contribution < 1.29 is 0 Å². The van der Waals surface area contributed by atoms with E-state index in [1.54, 1.807) is 11.3 Å². The third kappa shape index (κ3) is 5.09. The third-order valence-electron chi connectivity index (χ3n) is 4.77. The molecule has 1 aromatic heterocycles. The zero-order chi connectivity index (χ0) is 15.9. The van der Waals surface area contributed by atoms with Crippen LogP contribution in [0.5, 0.6) is 0 Å². The summed E-state index contributed by atoms with van der Waals surface area (Å²) in [5, 5.41) is 6.73. The number of aromatic nitrogens is 1. The van der Waals surface area contributed by atoms with E-state index in [-0.39, 0.29) is 0 Å². The van der Waals surface area contributed by atoms with Crippen LogP contribution in [0.2, 0.25) is 0 Å². The molecule has 1 aliphatic carbocycles. The van der Waals surface area contributed by atoms with Gasteiger partial charge in [-0.2, -0.15) is 0 Å². The summed E-state index contributed by atoms with van der Waals surface area (Å²) in [6, 6.07) is 0.516. The second-order valence-electron chi connectivity index (χ2n) is 6.67. The van der Waals surface area contributed by atoms with Crippen LogP contribution in [0.15, 0.2) is 10.4 Å². The van der Waals surface area contributed by atoms with Crippen LogP contribution < -0.4 is 16.0 Å². The Hall–Kier alpha value is -1.30. The van der Waals surface area contributed by atoms with Gasteiger partial charge in [0.1, 0.15) is 0 Å². The number of aliphatic imine (C=N–C) groups is 1. The summed E-state index contributed by atoms with van der Waals surface area (Å²) in [6.45, 7) is 3.03. The molecule has 0 aromatic carbocycles. The Morgan fingerprint density at radius 1 is 1.22 bits per heavy atom. The molecule has 3 N–H and O–H groups in total. The Balaban J connectivity index is 1.42. The number of nitrogens with two attached hydrogens (primary N) is 1. The molecule has 3 rings (SSSR count). The first kappa shape index (κ1) is 16.6. The van der Waals surface area contributed by atoms with Crippen LogP contribution in [0, 0.1) is 0 Å². The lowest BCUT2D eigenvalue weighted by atomic mass is 10.1. The summed E-state index contributed by atoms with van der Waals surface area (Å²) in [5.74, 6) is 0.604. The molecule has 2 fully saturated rings. The molecule has 2 heterocycles. The van der Waals surface area contributed by atoms with Crippen molar-refractivity contribution in [3.63, 3.8) is 0 Å². The van der Waals surface area contributed by atoms with Crippen LogP contribution >= 0.6 is 11.3 Å². The molecule has 0 atom stereocenters. The minimum atomic E-state index is 0.516. The number of nitrogens with zero attached hydrogens (tertiary/aromatic N) is 3. The Morgan fingerprint density at radius 2 is 1.96 bits per heavy atom. The van der Waals surface area contributed by atoms with E-state index in [0.717, 1.165) is 25.2 Å². The van der Waals surface area contributed by atoms with E-state index in [1.807, 2.05) is 0 Å². The summed E-state index contributed by atoms with van der Waals surface area (Å²) in [4.78, 5) is 11.6. The summed E-state index contributed by atoms with van der Waals surface area (Å²) in [5.41, 5.74) is 7.18. The van der Waals surface area contributed by atoms with Gasteiger partial charge in [-0.05, 0) is 25.7 Å². The maximum absolute atomic E-state index is 6.04. The Kier molecular flexibility index (Phi) is 6.13. The minimum Gasteiger partial charge on any atom is -0.370 e. The molecule has 1 saturated heterocycles. The zero-order valence-corrected chi connectivity index (χ0v) is 14.8. The molecule has 0 spiro atoms. The molecule has 1 saturated carbocycles. The molecule has 0 bridgehead atoms. The second kappa shape index (κ2) is 8.52. The van der Waals surface area contributed by atoms with Crippen LogP contribution in [-0.2, 0) is 6.42 Å². The van der Waals surface area contributed by atoms with Crippen LogP contribution in [0.25, 0.3) is 0 Å². The normalized spacial score (nSPS) is 20.7. The first-order valence-electron chi connectivity index (χ1n) is 9.07. The molecular weight excluding hydrogens is 306 g/mol. The van der Waals surface area contributed by atoms with Crippen molar-refractivity contribution in [2.75, 3.05) is 24.5 Å². The fraction of sp³-hybridized carbons (Fsp3) is 0.765. The van der Waals surface area contributed by atoms with Crippen molar-refractivity contribution in [2.24, 2.45) is 10.7 Å². The van der Waals surface area contributed by atoms with Gasteiger partial charge in [0.05, 0.1) is 5.69 Å². The van der Waals surface area contributed by atoms with E-state index in [4.69, 9.17) is 10.7 Å². The van der Waals surface area contributed by atoms with Crippen molar-refractivity contribution in [3.8, 4) is 0 Å². The minimum absolute atomic E-state index is 0.516. The van der Waals surface area contributed by atoms with E-state index in [2.05, 4.69) is 20.6 Å². The largest absolute Gasteiger partial charge is 0.370 e. The lowest BCUT2D eigenvalue weighted by molar-refractivity contribution is 0.530. The van der Waals surface area contributed by atoms with E-state index in [9.17, 15) is 0 Å². The van der Waals surface area contributed by atoms with Gasteiger partial charge < -0.3 is 16.0 Å². The first-order chi connectivity index (χ1) is 11.3. The topological polar surface area (TPSA) is 66.5 Å². The highest BCUT2D eigenvalue weighted by molar-refractivity contribution is 7.13. The van der Waals surface area contributed by atoms with Crippen LogP contribution in [0.4, 0.5) is 5.13 Å². The lowest BCUT2D eigenvalue weighted by Gasteiger charge is -2.16. The predicted octanol–water partition coefficient (Wildman–Crippen LogP) is 2.91. The van der Waals surface area contributed by atoms with Gasteiger partial charge in [0, 0.05) is 37.5 Å². The fourth-order valence-electron chi connectivity index (χ4n) is 3.43. The maximum atomic E-state index is 6.04. The summed E-state index contributed by atoms with van der Waals surface area (Å²) in [6.07, 6.45) is 11.2. The molecule has 1 aliphatic heterocycles. The highest BCUT2D eigenvalue weighted by Crippen LogP contribution is 2.24. The van der Waals surface area contributed by atoms with E-state index in [1.165, 1.54) is 56.5 Å². The molecule has 0 amide bonds. The monoisotopic (exact) mass is 335 g/mol. The Bertz CT molecular complexity index is 499. The molecule has 0 unspecified atom stereocenters. The highest BCUT2D eigenvalue weighted by atomic mass is 32.1. The van der Waals surface area contributed by atoms with Crippen LogP contribution in [-0.4, -0.2) is 36.6 Å². The summed E-state index contributed by atoms with van der Waals surface area (Å²) >= 11 is 1.76. The van der Waals surface area contributed by atoms with Crippen molar-refractivity contribution >= 4 is 22.4 Å². The van der Waals surface area contributed by atoms with E-state index >= 15 is 0 Å². The molecule has 6 heteroatoms. The highest BCUT2D eigenvalue weighted by Gasteiger charge is 2.15. The lowest BCUT2D eigenvalue weighted by Crippen LogP contribution is -2.40. The number of anilines is 1. The van der Waals surface area contributed by atoms with Crippen molar-refractivity contribution in [2.45, 2.75) is 63.8 Å². The van der Waals surface area contributed by atoms with Gasteiger partial charge in [-0.25, -0.2) is 4.98 Å². The van der Waals surface area contributed by atoms with Gasteiger partial charge in [-0.3, -0.25) is 4.99 Å². The molecular formula is C17H29N5S. The average Bonchev–Trinajstić information content (AvgIpc) is 3.16. The van der Waals surface area contributed by atoms with Crippen molar-refractivity contribution in [1.82, 2.24) is 10.3 Å². The van der Waals surface area contributed by atoms with Gasteiger partial charge in [-0.1, -0.05) is 25.7 Å². The van der Waals surface area contributed by atoms with Gasteiger partial charge in [0.25, 0.3) is 0 Å². The summed E-state index contributed by atoms with van der Waals surface area (Å²) < 4.78 is 0. The van der Waals surface area contributed by atoms with Crippen molar-refractivity contribution in [1.29, 1.82) is 0 Å². The molecule has 23 heavy (non-hydrogen) atoms. The number of nitrogens with one attached hydrogen (secondary N) is 1. The molecule has 2 aliphatic rings. The smallest absolute Gasteiger partial charge is 0.188 e. The Morgan fingerprint density at radius 3 is 2.70 bits per heavy atom. The molecule has 128 valence electrons. The molecule has 0 radical (unpaired) electrons. The zero-order valence-electron chi connectivity index (χ0n) is 14.0. The number of rotatable bonds is 5. The third-order valence-corrected chi connectivity index (χ3v) is 5.72. The van der Waals surface area contributed by atoms with Crippen LogP contribution in [0.3, 0.4) is 0 Å². The van der Waals surface area contributed by atoms with Crippen LogP contribution in [0.1, 0.15) is 57.1 Å². The number of thiazole rings is 1. The predicted molar refractivity (Wildman–Crippen MR) is 98.4 cm³/mol. The molecule has 5 nitrogen and oxygen atoms in total. The summed E-state index contributed by atoms with van der Waals surface area (Å²) in [7, 11) is 0. The van der Waals surface area contributed by atoms with Gasteiger partial charge in [-0.15, -0.1) is 11.3 Å². The number of guanidine groups is 1. The second-order valence-corrected chi connectivity index (χ2v) is 7.50. The number of hydrogen-bond donors (Lipinski definition) is 2. The van der Waals surface area contributed by atoms with E-state index < -0.39 is 0 Å². The van der Waals surface area contributed by atoms with E-state index in [0.29, 0.717) is 18.5 Å². The van der Waals surface area contributed by atoms with Gasteiger partial charge in [0.2, 0.25) is 0 Å². The molecule has 1 aromatic rings. The first-order valence-corrected chi connectivity index (χ1v) is 9.95. The standard InChI is InChI=1S/C17H29N5S/c18-16(20-14-7-3-1-2-4-8-14)19-10-9-15-13-23-17(21-15)22-11-5-6-12-22/h13-14H,1-12H2,(H3,18,19,20). The fourth-order valence-corrected chi connectivity index (χ4v) is 4.35. The van der Waals surface area contributed by atoms with Gasteiger partial charge in [0.15, 0.2) is 11.1 Å². The van der Waals surface area contributed by atoms with Gasteiger partial charge >= 0.3 is 0 Å². The quantitative estimate of drug-likeness (QED) is 0.493. The van der Waals surface area contributed by atoms with Crippen molar-refractivity contribution in [3.05, 3.63) is 11.1 Å².